The lowest BCUT2D eigenvalue weighted by Gasteiger charge is -2.14. The third kappa shape index (κ3) is 4.51. The molecule has 0 unspecified atom stereocenters. The van der Waals surface area contributed by atoms with Crippen LogP contribution in [0.25, 0.3) is 6.08 Å². The summed E-state index contributed by atoms with van der Waals surface area (Å²) in [5, 5.41) is 8.02. The lowest BCUT2D eigenvalue weighted by molar-refractivity contribution is -0.115. The number of rotatable bonds is 3. The Kier molecular flexibility index (Phi) is 5.46. The summed E-state index contributed by atoms with van der Waals surface area (Å²) in [6.07, 6.45) is 3.25. The van der Waals surface area contributed by atoms with Crippen molar-refractivity contribution in [1.29, 1.82) is 0 Å². The molecule has 0 fully saturated rings. The molecular formula is C17H18N2OS2. The molecule has 2 rings (SSSR count). The molecule has 0 aliphatic carbocycles. The summed E-state index contributed by atoms with van der Waals surface area (Å²) in [6.45, 7) is 6.09. The fourth-order valence-corrected chi connectivity index (χ4v) is 3.04. The first-order valence-electron chi connectivity index (χ1n) is 6.87. The van der Waals surface area contributed by atoms with Gasteiger partial charge >= 0.3 is 0 Å². The van der Waals surface area contributed by atoms with Crippen LogP contribution in [-0.2, 0) is 4.79 Å². The number of carbonyl (C=O) groups excluding carboxylic acids is 1. The Hall–Kier alpha value is -1.98. The fourth-order valence-electron chi connectivity index (χ4n) is 2.22. The molecule has 2 aromatic rings. The molecule has 1 aromatic heterocycles. The molecule has 0 aliphatic heterocycles. The second kappa shape index (κ2) is 7.33. The van der Waals surface area contributed by atoms with Crippen LogP contribution in [0.5, 0.6) is 0 Å². The number of thiophene rings is 1. The van der Waals surface area contributed by atoms with Gasteiger partial charge in [0.2, 0.25) is 5.91 Å². The van der Waals surface area contributed by atoms with E-state index in [9.17, 15) is 4.79 Å². The van der Waals surface area contributed by atoms with Crippen molar-refractivity contribution in [2.75, 3.05) is 5.32 Å². The second-order valence-corrected chi connectivity index (χ2v) is 6.45. The molecule has 22 heavy (non-hydrogen) atoms. The summed E-state index contributed by atoms with van der Waals surface area (Å²) in [7, 11) is 0. The molecule has 0 radical (unpaired) electrons. The van der Waals surface area contributed by atoms with Gasteiger partial charge in [-0.05, 0) is 61.6 Å². The molecule has 0 bridgehead atoms. The van der Waals surface area contributed by atoms with Crippen molar-refractivity contribution in [2.24, 2.45) is 0 Å². The van der Waals surface area contributed by atoms with Gasteiger partial charge in [0.05, 0.1) is 0 Å². The Morgan fingerprint density at radius 2 is 1.91 bits per heavy atom. The normalized spacial score (nSPS) is 10.7. The number of hydrogen-bond donors (Lipinski definition) is 2. The van der Waals surface area contributed by atoms with E-state index in [4.69, 9.17) is 12.2 Å². The molecule has 2 N–H and O–H groups in total. The molecule has 1 heterocycles. The number of aryl methyl sites for hydroxylation is 3. The molecule has 5 heteroatoms. The first-order valence-corrected chi connectivity index (χ1v) is 8.16. The van der Waals surface area contributed by atoms with Crippen molar-refractivity contribution in [1.82, 2.24) is 5.32 Å². The van der Waals surface area contributed by atoms with Crippen molar-refractivity contribution < 1.29 is 4.79 Å². The van der Waals surface area contributed by atoms with Crippen molar-refractivity contribution in [3.05, 3.63) is 57.3 Å². The van der Waals surface area contributed by atoms with Gasteiger partial charge in [-0.25, -0.2) is 0 Å². The molecule has 1 amide bonds. The number of nitrogens with one attached hydrogen (secondary N) is 2. The summed E-state index contributed by atoms with van der Waals surface area (Å²) in [4.78, 5) is 12.9. The fraction of sp³-hybridized carbons (Fsp3) is 0.176. The molecule has 0 spiro atoms. The van der Waals surface area contributed by atoms with E-state index in [1.807, 2.05) is 31.4 Å². The largest absolute Gasteiger partial charge is 0.332 e. The van der Waals surface area contributed by atoms with Gasteiger partial charge in [-0.1, -0.05) is 23.8 Å². The maximum atomic E-state index is 11.8. The highest BCUT2D eigenvalue weighted by atomic mass is 32.1. The number of amides is 1. The minimum Gasteiger partial charge on any atom is -0.332 e. The topological polar surface area (TPSA) is 41.1 Å². The molecular weight excluding hydrogens is 312 g/mol. The van der Waals surface area contributed by atoms with Crippen LogP contribution in [0.15, 0.2) is 35.7 Å². The lowest BCUT2D eigenvalue weighted by Crippen LogP contribution is -2.33. The average Bonchev–Trinajstić information content (AvgIpc) is 2.94. The maximum Gasteiger partial charge on any atom is 0.250 e. The molecule has 0 saturated carbocycles. The Balaban J connectivity index is 1.97. The van der Waals surface area contributed by atoms with Crippen LogP contribution in [0, 0.1) is 20.8 Å². The Bertz CT molecular complexity index is 695. The van der Waals surface area contributed by atoms with Crippen LogP contribution in [0.4, 0.5) is 5.69 Å². The summed E-state index contributed by atoms with van der Waals surface area (Å²) >= 11 is 6.78. The van der Waals surface area contributed by atoms with Gasteiger partial charge in [0.1, 0.15) is 0 Å². The third-order valence-electron chi connectivity index (χ3n) is 3.09. The van der Waals surface area contributed by atoms with Crippen LogP contribution in [-0.4, -0.2) is 11.0 Å². The van der Waals surface area contributed by atoms with E-state index in [-0.39, 0.29) is 5.91 Å². The predicted octanol–water partition coefficient (Wildman–Crippen LogP) is 4.20. The predicted molar refractivity (Wildman–Crippen MR) is 98.4 cm³/mol. The standard InChI is InChI=1S/C17H18N2OS2/c1-11-9-12(2)16(13(3)10-11)19-17(21)18-15(20)7-6-14-5-4-8-22-14/h4-10H,1-3H3,(H2,18,19,20,21)/b7-6+. The minimum absolute atomic E-state index is 0.242. The lowest BCUT2D eigenvalue weighted by atomic mass is 10.1. The monoisotopic (exact) mass is 330 g/mol. The first-order chi connectivity index (χ1) is 10.5. The summed E-state index contributed by atoms with van der Waals surface area (Å²) in [6, 6.07) is 8.05. The Morgan fingerprint density at radius 3 is 2.50 bits per heavy atom. The van der Waals surface area contributed by atoms with Gasteiger partial charge in [-0.2, -0.15) is 0 Å². The van der Waals surface area contributed by atoms with Crippen LogP contribution >= 0.6 is 23.6 Å². The minimum atomic E-state index is -0.242. The van der Waals surface area contributed by atoms with Crippen LogP contribution in [0.3, 0.4) is 0 Å². The zero-order valence-electron chi connectivity index (χ0n) is 12.8. The first kappa shape index (κ1) is 16.4. The SMILES string of the molecule is Cc1cc(C)c(NC(=S)NC(=O)/C=C/c2cccs2)c(C)c1. The van der Waals surface area contributed by atoms with Crippen LogP contribution < -0.4 is 10.6 Å². The Labute approximate surface area is 140 Å². The van der Waals surface area contributed by atoms with E-state index in [2.05, 4.69) is 29.7 Å². The van der Waals surface area contributed by atoms with Gasteiger partial charge in [0.15, 0.2) is 5.11 Å². The van der Waals surface area contributed by atoms with Crippen molar-refractivity contribution in [3.63, 3.8) is 0 Å². The van der Waals surface area contributed by atoms with E-state index in [0.717, 1.165) is 21.7 Å². The number of carbonyl (C=O) groups is 1. The highest BCUT2D eigenvalue weighted by Crippen LogP contribution is 2.21. The maximum absolute atomic E-state index is 11.8. The van der Waals surface area contributed by atoms with Crippen LogP contribution in [0.2, 0.25) is 0 Å². The number of anilines is 1. The molecule has 1 aromatic carbocycles. The van der Waals surface area contributed by atoms with Gasteiger partial charge in [0.25, 0.3) is 0 Å². The van der Waals surface area contributed by atoms with E-state index >= 15 is 0 Å². The highest BCUT2D eigenvalue weighted by molar-refractivity contribution is 7.80. The zero-order chi connectivity index (χ0) is 16.1. The van der Waals surface area contributed by atoms with Gasteiger partial charge in [-0.3, -0.25) is 10.1 Å². The van der Waals surface area contributed by atoms with Crippen molar-refractivity contribution in [2.45, 2.75) is 20.8 Å². The third-order valence-corrected chi connectivity index (χ3v) is 4.14. The Morgan fingerprint density at radius 1 is 1.23 bits per heavy atom. The van der Waals surface area contributed by atoms with Gasteiger partial charge in [-0.15, -0.1) is 11.3 Å². The van der Waals surface area contributed by atoms with Crippen molar-refractivity contribution in [3.8, 4) is 0 Å². The van der Waals surface area contributed by atoms with Gasteiger partial charge in [0, 0.05) is 16.6 Å². The van der Waals surface area contributed by atoms with E-state index < -0.39 is 0 Å². The molecule has 0 aliphatic rings. The summed E-state index contributed by atoms with van der Waals surface area (Å²) < 4.78 is 0. The average molecular weight is 330 g/mol. The second-order valence-electron chi connectivity index (χ2n) is 5.07. The van der Waals surface area contributed by atoms with E-state index in [0.29, 0.717) is 5.11 Å². The molecule has 0 atom stereocenters. The van der Waals surface area contributed by atoms with Crippen molar-refractivity contribution >= 4 is 46.3 Å². The molecule has 114 valence electrons. The summed E-state index contributed by atoms with van der Waals surface area (Å²) in [5.41, 5.74) is 4.35. The highest BCUT2D eigenvalue weighted by Gasteiger charge is 2.07. The molecule has 0 saturated heterocycles. The zero-order valence-corrected chi connectivity index (χ0v) is 14.4. The smallest absolute Gasteiger partial charge is 0.250 e. The molecule has 3 nitrogen and oxygen atoms in total. The van der Waals surface area contributed by atoms with Crippen LogP contribution in [0.1, 0.15) is 21.6 Å². The number of benzene rings is 1. The van der Waals surface area contributed by atoms with Gasteiger partial charge < -0.3 is 5.32 Å². The van der Waals surface area contributed by atoms with E-state index in [1.165, 1.54) is 11.6 Å². The summed E-state index contributed by atoms with van der Waals surface area (Å²) in [5.74, 6) is -0.242. The number of thiocarbonyl (C=S) groups is 1. The quantitative estimate of drug-likeness (QED) is 0.654. The number of hydrogen-bond acceptors (Lipinski definition) is 3. The van der Waals surface area contributed by atoms with E-state index in [1.54, 1.807) is 17.4 Å².